The van der Waals surface area contributed by atoms with Crippen molar-refractivity contribution in [3.63, 3.8) is 0 Å². The zero-order valence-corrected chi connectivity index (χ0v) is 12.9. The summed E-state index contributed by atoms with van der Waals surface area (Å²) in [6, 6.07) is 7.83. The molecule has 2 aliphatic heterocycles. The van der Waals surface area contributed by atoms with Gasteiger partial charge in [0.25, 0.3) is 5.91 Å². The number of hydrogen-bond donors (Lipinski definition) is 1. The predicted octanol–water partition coefficient (Wildman–Crippen LogP) is 2.00. The molecule has 0 bridgehead atoms. The van der Waals surface area contributed by atoms with E-state index < -0.39 is 0 Å². The summed E-state index contributed by atoms with van der Waals surface area (Å²) in [7, 11) is 0. The summed E-state index contributed by atoms with van der Waals surface area (Å²) in [6.45, 7) is 3.98. The molecule has 2 heterocycles. The molecule has 2 atom stereocenters. The molecule has 3 nitrogen and oxygen atoms in total. The molecule has 0 aromatic heterocycles. The molecular formula is C13H16ClIN2O. The Morgan fingerprint density at radius 1 is 1.22 bits per heavy atom. The van der Waals surface area contributed by atoms with Crippen LogP contribution in [0, 0.1) is 15.4 Å². The third-order valence-corrected chi connectivity index (χ3v) is 4.72. The third-order valence-electron chi connectivity index (χ3n) is 3.78. The number of halogens is 2. The summed E-state index contributed by atoms with van der Waals surface area (Å²) < 4.78 is 1.05. The average Bonchev–Trinajstić information content (AvgIpc) is 2.88. The van der Waals surface area contributed by atoms with Crippen molar-refractivity contribution in [2.24, 2.45) is 11.8 Å². The zero-order valence-electron chi connectivity index (χ0n) is 9.93. The number of likely N-dealkylation sites (tertiary alicyclic amines) is 1. The van der Waals surface area contributed by atoms with E-state index in [9.17, 15) is 4.79 Å². The highest BCUT2D eigenvalue weighted by Gasteiger charge is 2.38. The molecule has 1 aromatic carbocycles. The second-order valence-corrected chi connectivity index (χ2v) is 6.03. The number of nitrogens with zero attached hydrogens (tertiary/aromatic N) is 1. The van der Waals surface area contributed by atoms with Crippen molar-refractivity contribution in [1.82, 2.24) is 10.2 Å². The van der Waals surface area contributed by atoms with Crippen LogP contribution in [0.5, 0.6) is 0 Å². The Labute approximate surface area is 127 Å². The van der Waals surface area contributed by atoms with Crippen LogP contribution >= 0.6 is 35.0 Å². The quantitative estimate of drug-likeness (QED) is 0.758. The molecular weight excluding hydrogens is 363 g/mol. The van der Waals surface area contributed by atoms with Crippen LogP contribution in [0.1, 0.15) is 10.4 Å². The van der Waals surface area contributed by atoms with Gasteiger partial charge in [-0.1, -0.05) is 12.1 Å². The maximum absolute atomic E-state index is 12.4. The molecule has 0 saturated carbocycles. The van der Waals surface area contributed by atoms with Gasteiger partial charge in [-0.05, 0) is 46.6 Å². The van der Waals surface area contributed by atoms with Crippen molar-refractivity contribution >= 4 is 40.9 Å². The summed E-state index contributed by atoms with van der Waals surface area (Å²) in [5, 5.41) is 3.40. The van der Waals surface area contributed by atoms with Crippen molar-refractivity contribution in [2.75, 3.05) is 26.2 Å². The summed E-state index contributed by atoms with van der Waals surface area (Å²) in [6.07, 6.45) is 0. The number of benzene rings is 1. The molecule has 1 N–H and O–H groups in total. The number of fused-ring (bicyclic) bond motifs is 1. The van der Waals surface area contributed by atoms with Crippen LogP contribution in [0.2, 0.25) is 0 Å². The minimum Gasteiger partial charge on any atom is -0.338 e. The Morgan fingerprint density at radius 3 is 2.44 bits per heavy atom. The molecule has 98 valence electrons. The van der Waals surface area contributed by atoms with Gasteiger partial charge in [0.2, 0.25) is 0 Å². The maximum atomic E-state index is 12.4. The minimum absolute atomic E-state index is 0. The SMILES string of the molecule is Cl.O=C(c1ccccc1I)N1C[C@H]2CNC[C@H]2C1. The van der Waals surface area contributed by atoms with E-state index in [1.165, 1.54) is 0 Å². The number of carbonyl (C=O) groups is 1. The smallest absolute Gasteiger partial charge is 0.254 e. The summed E-state index contributed by atoms with van der Waals surface area (Å²) in [5.41, 5.74) is 0.848. The molecule has 0 aliphatic carbocycles. The monoisotopic (exact) mass is 378 g/mol. The second kappa shape index (κ2) is 5.75. The van der Waals surface area contributed by atoms with Gasteiger partial charge in [0, 0.05) is 29.7 Å². The van der Waals surface area contributed by atoms with Crippen LogP contribution in [0.3, 0.4) is 0 Å². The van der Waals surface area contributed by atoms with E-state index in [1.54, 1.807) is 0 Å². The lowest BCUT2D eigenvalue weighted by molar-refractivity contribution is 0.0780. The van der Waals surface area contributed by atoms with Gasteiger partial charge in [0.15, 0.2) is 0 Å². The lowest BCUT2D eigenvalue weighted by atomic mass is 10.0. The molecule has 18 heavy (non-hydrogen) atoms. The maximum Gasteiger partial charge on any atom is 0.254 e. The highest BCUT2D eigenvalue weighted by atomic mass is 127. The Kier molecular flexibility index (Phi) is 4.50. The fourth-order valence-electron chi connectivity index (χ4n) is 2.83. The normalized spacial score (nSPS) is 25.7. The van der Waals surface area contributed by atoms with Crippen LogP contribution in [-0.2, 0) is 0 Å². The molecule has 0 spiro atoms. The first-order chi connectivity index (χ1) is 8.25. The summed E-state index contributed by atoms with van der Waals surface area (Å²) in [5.74, 6) is 1.53. The third kappa shape index (κ3) is 2.51. The Balaban J connectivity index is 0.00000120. The Morgan fingerprint density at radius 2 is 1.83 bits per heavy atom. The molecule has 2 saturated heterocycles. The topological polar surface area (TPSA) is 32.3 Å². The van der Waals surface area contributed by atoms with E-state index in [4.69, 9.17) is 0 Å². The molecule has 2 aliphatic rings. The minimum atomic E-state index is 0. The van der Waals surface area contributed by atoms with Gasteiger partial charge in [-0.25, -0.2) is 0 Å². The van der Waals surface area contributed by atoms with Gasteiger partial charge in [0.05, 0.1) is 5.56 Å². The number of rotatable bonds is 1. The van der Waals surface area contributed by atoms with Gasteiger partial charge < -0.3 is 10.2 Å². The fraction of sp³-hybridized carbons (Fsp3) is 0.462. The first-order valence-corrected chi connectivity index (χ1v) is 7.08. The molecule has 2 fully saturated rings. The molecule has 5 heteroatoms. The first-order valence-electron chi connectivity index (χ1n) is 6.00. The van der Waals surface area contributed by atoms with Crippen LogP contribution in [0.15, 0.2) is 24.3 Å². The van der Waals surface area contributed by atoms with Crippen LogP contribution < -0.4 is 5.32 Å². The van der Waals surface area contributed by atoms with Gasteiger partial charge in [-0.2, -0.15) is 0 Å². The lowest BCUT2D eigenvalue weighted by Crippen LogP contribution is -2.32. The molecule has 3 rings (SSSR count). The van der Waals surface area contributed by atoms with Crippen molar-refractivity contribution < 1.29 is 4.79 Å². The molecule has 0 unspecified atom stereocenters. The van der Waals surface area contributed by atoms with E-state index in [-0.39, 0.29) is 18.3 Å². The van der Waals surface area contributed by atoms with E-state index in [0.29, 0.717) is 11.8 Å². The summed E-state index contributed by atoms with van der Waals surface area (Å²) in [4.78, 5) is 14.4. The Hall–Kier alpha value is -0.330. The lowest BCUT2D eigenvalue weighted by Gasteiger charge is -2.18. The average molecular weight is 379 g/mol. The van der Waals surface area contributed by atoms with Gasteiger partial charge in [0.1, 0.15) is 0 Å². The van der Waals surface area contributed by atoms with Crippen molar-refractivity contribution in [1.29, 1.82) is 0 Å². The van der Waals surface area contributed by atoms with Crippen LogP contribution in [-0.4, -0.2) is 37.0 Å². The largest absolute Gasteiger partial charge is 0.338 e. The van der Waals surface area contributed by atoms with Crippen molar-refractivity contribution in [2.45, 2.75) is 0 Å². The number of hydrogen-bond acceptors (Lipinski definition) is 2. The predicted molar refractivity (Wildman–Crippen MR) is 82.2 cm³/mol. The first kappa shape index (κ1) is 14.1. The highest BCUT2D eigenvalue weighted by Crippen LogP contribution is 2.28. The van der Waals surface area contributed by atoms with Gasteiger partial charge >= 0.3 is 0 Å². The standard InChI is InChI=1S/C13H15IN2O.ClH/c14-12-4-2-1-3-11(12)13(17)16-7-9-5-15-6-10(9)8-16;/h1-4,9-10,15H,5-8H2;1H/t9-,10+;. The number of nitrogens with one attached hydrogen (secondary N) is 1. The van der Waals surface area contributed by atoms with Crippen molar-refractivity contribution in [3.8, 4) is 0 Å². The van der Waals surface area contributed by atoms with E-state index in [1.807, 2.05) is 29.2 Å². The number of amides is 1. The van der Waals surface area contributed by atoms with E-state index in [0.717, 1.165) is 35.3 Å². The molecule has 0 radical (unpaired) electrons. The van der Waals surface area contributed by atoms with Crippen LogP contribution in [0.25, 0.3) is 0 Å². The fourth-order valence-corrected chi connectivity index (χ4v) is 3.44. The van der Waals surface area contributed by atoms with Crippen LogP contribution in [0.4, 0.5) is 0 Å². The highest BCUT2D eigenvalue weighted by molar-refractivity contribution is 14.1. The van der Waals surface area contributed by atoms with E-state index >= 15 is 0 Å². The van der Waals surface area contributed by atoms with Crippen molar-refractivity contribution in [3.05, 3.63) is 33.4 Å². The molecule has 1 amide bonds. The van der Waals surface area contributed by atoms with E-state index in [2.05, 4.69) is 27.9 Å². The zero-order chi connectivity index (χ0) is 11.8. The summed E-state index contributed by atoms with van der Waals surface area (Å²) >= 11 is 2.24. The molecule has 1 aromatic rings. The Bertz CT molecular complexity index is 442. The van der Waals surface area contributed by atoms with Gasteiger partial charge in [-0.3, -0.25) is 4.79 Å². The second-order valence-electron chi connectivity index (χ2n) is 4.87. The number of carbonyl (C=O) groups excluding carboxylic acids is 1. The van der Waals surface area contributed by atoms with Gasteiger partial charge in [-0.15, -0.1) is 12.4 Å².